The molecule has 1 fully saturated rings. The minimum atomic E-state index is -0.0521. The first-order valence-corrected chi connectivity index (χ1v) is 9.74. The molecule has 4 aromatic rings. The van der Waals surface area contributed by atoms with Crippen LogP contribution in [0.4, 0.5) is 5.95 Å². The number of aromatic amines is 1. The van der Waals surface area contributed by atoms with Crippen LogP contribution < -0.4 is 10.5 Å². The Morgan fingerprint density at radius 1 is 1.04 bits per heavy atom. The number of piperazine rings is 1. The van der Waals surface area contributed by atoms with E-state index in [1.807, 2.05) is 30.3 Å². The zero-order chi connectivity index (χ0) is 18.2. The van der Waals surface area contributed by atoms with E-state index in [2.05, 4.69) is 24.8 Å². The zero-order valence-corrected chi connectivity index (χ0v) is 15.4. The summed E-state index contributed by atoms with van der Waals surface area (Å²) in [5.41, 5.74) is -0.0521. The lowest BCUT2D eigenvalue weighted by Crippen LogP contribution is -2.46. The van der Waals surface area contributed by atoms with Gasteiger partial charge >= 0.3 is 0 Å². The molecular weight excluding hydrogens is 360 g/mol. The molecule has 0 aliphatic carbocycles. The molecule has 27 heavy (non-hydrogen) atoms. The van der Waals surface area contributed by atoms with Crippen LogP contribution in [0, 0.1) is 0 Å². The van der Waals surface area contributed by atoms with E-state index in [1.54, 1.807) is 23.7 Å². The highest BCUT2D eigenvalue weighted by Crippen LogP contribution is 2.29. The number of thiophene rings is 1. The third-order valence-electron chi connectivity index (χ3n) is 4.88. The molecule has 5 rings (SSSR count). The largest absolute Gasteiger partial charge is 0.338 e. The van der Waals surface area contributed by atoms with Crippen LogP contribution in [0.1, 0.15) is 5.82 Å². The Bertz CT molecular complexity index is 1150. The van der Waals surface area contributed by atoms with E-state index in [4.69, 9.17) is 4.98 Å². The van der Waals surface area contributed by atoms with Crippen molar-refractivity contribution in [1.29, 1.82) is 0 Å². The molecule has 1 aromatic carbocycles. The molecule has 4 heterocycles. The highest BCUT2D eigenvalue weighted by Gasteiger charge is 2.20. The average molecular weight is 378 g/mol. The standard InChI is InChI=1S/C19H18N6OS/c26-17-16-13-4-1-2-5-14(13)27-18(16)23-15(22-17)12-24-8-10-25(11-9-24)19-20-6-3-7-21-19/h1-7H,8-12H2,(H,22,23,26). The summed E-state index contributed by atoms with van der Waals surface area (Å²) in [5.74, 6) is 1.50. The maximum atomic E-state index is 12.6. The van der Waals surface area contributed by atoms with E-state index in [1.165, 1.54) is 0 Å². The Kier molecular flexibility index (Phi) is 4.06. The predicted molar refractivity (Wildman–Crippen MR) is 107 cm³/mol. The molecule has 7 nitrogen and oxygen atoms in total. The predicted octanol–water partition coefficient (Wildman–Crippen LogP) is 2.25. The van der Waals surface area contributed by atoms with E-state index in [0.29, 0.717) is 11.9 Å². The molecule has 0 unspecified atom stereocenters. The van der Waals surface area contributed by atoms with Gasteiger partial charge in [-0.05, 0) is 12.1 Å². The van der Waals surface area contributed by atoms with Gasteiger partial charge in [-0.25, -0.2) is 15.0 Å². The summed E-state index contributed by atoms with van der Waals surface area (Å²) in [5, 5.41) is 1.68. The number of H-pyrrole nitrogens is 1. The summed E-state index contributed by atoms with van der Waals surface area (Å²) in [6.45, 7) is 4.13. The number of hydrogen-bond acceptors (Lipinski definition) is 7. The molecule has 1 aliphatic rings. The first kappa shape index (κ1) is 16.3. The maximum Gasteiger partial charge on any atom is 0.260 e. The lowest BCUT2D eigenvalue weighted by atomic mass is 10.2. The summed E-state index contributed by atoms with van der Waals surface area (Å²) < 4.78 is 1.10. The Hall–Kier alpha value is -2.84. The first-order chi connectivity index (χ1) is 13.3. The number of rotatable bonds is 3. The van der Waals surface area contributed by atoms with E-state index >= 15 is 0 Å². The van der Waals surface area contributed by atoms with Crippen LogP contribution in [-0.2, 0) is 6.54 Å². The summed E-state index contributed by atoms with van der Waals surface area (Å²) in [6, 6.07) is 9.79. The monoisotopic (exact) mass is 378 g/mol. The second kappa shape index (κ2) is 6.71. The highest BCUT2D eigenvalue weighted by atomic mass is 32.1. The molecule has 1 N–H and O–H groups in total. The van der Waals surface area contributed by atoms with Gasteiger partial charge in [0.1, 0.15) is 10.7 Å². The summed E-state index contributed by atoms with van der Waals surface area (Å²) in [6.07, 6.45) is 3.53. The van der Waals surface area contributed by atoms with Gasteiger partial charge in [0.2, 0.25) is 5.95 Å². The van der Waals surface area contributed by atoms with Gasteiger partial charge in [0.15, 0.2) is 0 Å². The van der Waals surface area contributed by atoms with Crippen LogP contribution in [0.2, 0.25) is 0 Å². The van der Waals surface area contributed by atoms with Gasteiger partial charge in [0, 0.05) is 48.7 Å². The van der Waals surface area contributed by atoms with Crippen molar-refractivity contribution in [2.24, 2.45) is 0 Å². The van der Waals surface area contributed by atoms with E-state index in [-0.39, 0.29) is 5.56 Å². The Morgan fingerprint density at radius 3 is 2.63 bits per heavy atom. The summed E-state index contributed by atoms with van der Waals surface area (Å²) >= 11 is 1.58. The third kappa shape index (κ3) is 3.07. The van der Waals surface area contributed by atoms with Crippen LogP contribution in [0.5, 0.6) is 0 Å². The van der Waals surface area contributed by atoms with E-state index in [9.17, 15) is 4.79 Å². The minimum Gasteiger partial charge on any atom is -0.338 e. The van der Waals surface area contributed by atoms with Crippen LogP contribution in [0.25, 0.3) is 20.3 Å². The smallest absolute Gasteiger partial charge is 0.260 e. The Morgan fingerprint density at radius 2 is 1.81 bits per heavy atom. The molecule has 1 saturated heterocycles. The molecule has 8 heteroatoms. The van der Waals surface area contributed by atoms with Crippen LogP contribution in [0.3, 0.4) is 0 Å². The SMILES string of the molecule is O=c1[nH]c(CN2CCN(c3ncccn3)CC2)nc2sc3ccccc3c12. The van der Waals surface area contributed by atoms with Crippen molar-refractivity contribution < 1.29 is 0 Å². The number of aromatic nitrogens is 4. The lowest BCUT2D eigenvalue weighted by molar-refractivity contribution is 0.243. The Labute approximate surface area is 159 Å². The van der Waals surface area contributed by atoms with Gasteiger partial charge in [-0.2, -0.15) is 0 Å². The molecular formula is C19H18N6OS. The molecule has 1 aliphatic heterocycles. The fourth-order valence-electron chi connectivity index (χ4n) is 3.52. The number of nitrogens with zero attached hydrogens (tertiary/aromatic N) is 5. The fraction of sp³-hybridized carbons (Fsp3) is 0.263. The summed E-state index contributed by atoms with van der Waals surface area (Å²) in [4.78, 5) is 34.3. The molecule has 0 atom stereocenters. The second-order valence-corrected chi connectivity index (χ2v) is 7.63. The highest BCUT2D eigenvalue weighted by molar-refractivity contribution is 7.25. The molecule has 0 amide bonds. The lowest BCUT2D eigenvalue weighted by Gasteiger charge is -2.34. The summed E-state index contributed by atoms with van der Waals surface area (Å²) in [7, 11) is 0. The van der Waals surface area contributed by atoms with Gasteiger partial charge in [-0.1, -0.05) is 18.2 Å². The van der Waals surface area contributed by atoms with Gasteiger partial charge in [0.05, 0.1) is 11.9 Å². The molecule has 0 radical (unpaired) electrons. The molecule has 0 saturated carbocycles. The fourth-order valence-corrected chi connectivity index (χ4v) is 4.62. The topological polar surface area (TPSA) is 78.0 Å². The van der Waals surface area contributed by atoms with Crippen LogP contribution in [0.15, 0.2) is 47.5 Å². The van der Waals surface area contributed by atoms with Crippen molar-refractivity contribution in [1.82, 2.24) is 24.8 Å². The zero-order valence-electron chi connectivity index (χ0n) is 14.6. The van der Waals surface area contributed by atoms with Gasteiger partial charge < -0.3 is 9.88 Å². The molecule has 0 bridgehead atoms. The van der Waals surface area contributed by atoms with Crippen molar-refractivity contribution in [2.45, 2.75) is 6.54 Å². The van der Waals surface area contributed by atoms with Gasteiger partial charge in [-0.15, -0.1) is 11.3 Å². The van der Waals surface area contributed by atoms with Crippen LogP contribution in [-0.4, -0.2) is 51.0 Å². The van der Waals surface area contributed by atoms with Crippen molar-refractivity contribution in [2.75, 3.05) is 31.1 Å². The normalized spacial score (nSPS) is 15.6. The van der Waals surface area contributed by atoms with E-state index < -0.39 is 0 Å². The second-order valence-electron chi connectivity index (χ2n) is 6.60. The minimum absolute atomic E-state index is 0.0521. The molecule has 0 spiro atoms. The van der Waals surface area contributed by atoms with Gasteiger partial charge in [0.25, 0.3) is 5.56 Å². The first-order valence-electron chi connectivity index (χ1n) is 8.93. The molecule has 3 aromatic heterocycles. The van der Waals surface area contributed by atoms with Crippen LogP contribution >= 0.6 is 11.3 Å². The number of hydrogen-bond donors (Lipinski definition) is 1. The van der Waals surface area contributed by atoms with Crippen molar-refractivity contribution in [3.8, 4) is 0 Å². The molecule has 136 valence electrons. The average Bonchev–Trinajstić information content (AvgIpc) is 3.08. The van der Waals surface area contributed by atoms with Crippen molar-refractivity contribution in [3.63, 3.8) is 0 Å². The number of benzene rings is 1. The van der Waals surface area contributed by atoms with Crippen molar-refractivity contribution in [3.05, 3.63) is 58.9 Å². The number of anilines is 1. The third-order valence-corrected chi connectivity index (χ3v) is 5.94. The number of nitrogens with one attached hydrogen (secondary N) is 1. The quantitative estimate of drug-likeness (QED) is 0.589. The van der Waals surface area contributed by atoms with Gasteiger partial charge in [-0.3, -0.25) is 9.69 Å². The number of fused-ring (bicyclic) bond motifs is 3. The Balaban J connectivity index is 1.35. The van der Waals surface area contributed by atoms with Crippen molar-refractivity contribution >= 4 is 37.6 Å². The maximum absolute atomic E-state index is 12.6. The van der Waals surface area contributed by atoms with E-state index in [0.717, 1.165) is 52.9 Å².